The zero-order valence-electron chi connectivity index (χ0n) is 11.8. The molecule has 5 rings (SSSR count). The molecular formula is C18H14ClNO2. The smallest absolute Gasteiger partial charge is 0.340 e. The Kier molecular flexibility index (Phi) is 2.88. The number of hydrogen-bond donors (Lipinski definition) is 0. The van der Waals surface area contributed by atoms with Gasteiger partial charge in [-0.3, -0.25) is 0 Å². The summed E-state index contributed by atoms with van der Waals surface area (Å²) in [7, 11) is 0. The average molecular weight is 312 g/mol. The van der Waals surface area contributed by atoms with Crippen LogP contribution in [-0.2, 0) is 20.7 Å². The molecule has 3 heterocycles. The number of benzene rings is 2. The minimum Gasteiger partial charge on any atom is -0.445 e. The van der Waals surface area contributed by atoms with E-state index < -0.39 is 11.1 Å². The molecule has 110 valence electrons. The zero-order chi connectivity index (χ0) is 15.2. The van der Waals surface area contributed by atoms with Gasteiger partial charge in [-0.2, -0.15) is 0 Å². The lowest BCUT2D eigenvalue weighted by Gasteiger charge is -2.48. The van der Waals surface area contributed by atoms with Crippen LogP contribution in [0.1, 0.15) is 24.0 Å². The topological polar surface area (TPSA) is 38.7 Å². The van der Waals surface area contributed by atoms with Gasteiger partial charge in [-0.05, 0) is 12.0 Å². The number of fused-ring (bicyclic) bond motifs is 2. The summed E-state index contributed by atoms with van der Waals surface area (Å²) in [6.45, 7) is 0. The van der Waals surface area contributed by atoms with E-state index in [2.05, 4.69) is 4.99 Å². The van der Waals surface area contributed by atoms with Gasteiger partial charge in [0.15, 0.2) is 16.3 Å². The van der Waals surface area contributed by atoms with Gasteiger partial charge in [-0.1, -0.05) is 72.3 Å². The molecule has 0 aliphatic carbocycles. The first kappa shape index (κ1) is 13.5. The van der Waals surface area contributed by atoms with Crippen molar-refractivity contribution < 1.29 is 9.53 Å². The number of nitrogens with zero attached hydrogens (tertiary/aromatic N) is 1. The minimum absolute atomic E-state index is 0.321. The Balaban J connectivity index is 1.87. The molecule has 0 radical (unpaired) electrons. The fourth-order valence-electron chi connectivity index (χ4n) is 3.33. The highest BCUT2D eigenvalue weighted by Gasteiger charge is 2.59. The van der Waals surface area contributed by atoms with Crippen molar-refractivity contribution in [3.8, 4) is 0 Å². The van der Waals surface area contributed by atoms with E-state index in [1.54, 1.807) is 0 Å². The van der Waals surface area contributed by atoms with Crippen molar-refractivity contribution in [1.29, 1.82) is 0 Å². The molecule has 0 spiro atoms. The Hall–Kier alpha value is -2.13. The molecule has 3 nitrogen and oxygen atoms in total. The molecule has 1 fully saturated rings. The van der Waals surface area contributed by atoms with Crippen molar-refractivity contribution >= 4 is 22.7 Å². The Morgan fingerprint density at radius 3 is 2.05 bits per heavy atom. The largest absolute Gasteiger partial charge is 0.445 e. The molecule has 3 aliphatic heterocycles. The van der Waals surface area contributed by atoms with E-state index in [1.807, 2.05) is 60.7 Å². The van der Waals surface area contributed by atoms with Crippen molar-refractivity contribution in [2.24, 2.45) is 4.99 Å². The first-order chi connectivity index (χ1) is 10.7. The number of aliphatic imine (C=N–C) groups is 1. The van der Waals surface area contributed by atoms with Gasteiger partial charge < -0.3 is 4.74 Å². The molecule has 2 atom stereocenters. The van der Waals surface area contributed by atoms with Gasteiger partial charge in [0.1, 0.15) is 0 Å². The third kappa shape index (κ3) is 1.69. The van der Waals surface area contributed by atoms with Crippen LogP contribution in [-0.4, -0.2) is 11.1 Å². The molecule has 22 heavy (non-hydrogen) atoms. The maximum atomic E-state index is 12.7. The lowest BCUT2D eigenvalue weighted by molar-refractivity contribution is -0.173. The zero-order valence-corrected chi connectivity index (χ0v) is 12.6. The van der Waals surface area contributed by atoms with Crippen molar-refractivity contribution in [3.05, 3.63) is 71.8 Å². The van der Waals surface area contributed by atoms with Gasteiger partial charge in [0.25, 0.3) is 0 Å². The molecule has 0 aromatic heterocycles. The Labute approximate surface area is 133 Å². The van der Waals surface area contributed by atoms with Gasteiger partial charge in [0.2, 0.25) is 0 Å². The second-order valence-corrected chi connectivity index (χ2v) is 6.07. The van der Waals surface area contributed by atoms with E-state index in [-0.39, 0.29) is 5.97 Å². The summed E-state index contributed by atoms with van der Waals surface area (Å²) in [5.41, 5.74) is -0.205. The second-order valence-electron chi connectivity index (χ2n) is 5.71. The van der Waals surface area contributed by atoms with E-state index in [0.717, 1.165) is 11.1 Å². The number of carbonyl (C=O) groups excluding carboxylic acids is 1. The van der Waals surface area contributed by atoms with Gasteiger partial charge in [-0.25, -0.2) is 9.79 Å². The molecule has 4 heteroatoms. The number of hydrogen-bond acceptors (Lipinski definition) is 3. The lowest BCUT2D eigenvalue weighted by Crippen LogP contribution is -2.56. The molecule has 3 aliphatic rings. The third-order valence-electron chi connectivity index (χ3n) is 4.56. The monoisotopic (exact) mass is 311 g/mol. The first-order valence-electron chi connectivity index (χ1n) is 7.28. The molecule has 0 amide bonds. The normalized spacial score (nSPS) is 29.9. The highest BCUT2D eigenvalue weighted by Crippen LogP contribution is 2.51. The van der Waals surface area contributed by atoms with Gasteiger partial charge in [-0.15, -0.1) is 0 Å². The molecule has 0 N–H and O–H groups in total. The first-order valence-corrected chi connectivity index (χ1v) is 7.66. The Bertz CT molecular complexity index is 759. The summed E-state index contributed by atoms with van der Waals surface area (Å²) < 4.78 is 5.83. The highest BCUT2D eigenvalue weighted by atomic mass is 35.5. The summed E-state index contributed by atoms with van der Waals surface area (Å²) in [4.78, 5) is 17.3. The molecule has 0 saturated carbocycles. The van der Waals surface area contributed by atoms with Crippen molar-refractivity contribution in [2.75, 3.05) is 0 Å². The van der Waals surface area contributed by atoms with Gasteiger partial charge in [0, 0.05) is 12.0 Å². The number of carbonyl (C=O) groups is 1. The molecule has 2 aromatic rings. The summed E-state index contributed by atoms with van der Waals surface area (Å²) in [5, 5.41) is 0.355. The van der Waals surface area contributed by atoms with Crippen molar-refractivity contribution in [3.63, 3.8) is 0 Å². The van der Waals surface area contributed by atoms with Crippen LogP contribution in [0.4, 0.5) is 0 Å². The maximum absolute atomic E-state index is 12.7. The SMILES string of the molecule is O=C1OC2(c3ccccc3)CCC1(c1ccccc1)N=C2Cl. The molecule has 1 saturated heterocycles. The number of esters is 1. The number of halogens is 1. The predicted octanol–water partition coefficient (Wildman–Crippen LogP) is 3.77. The van der Waals surface area contributed by atoms with Crippen molar-refractivity contribution in [2.45, 2.75) is 24.0 Å². The van der Waals surface area contributed by atoms with Gasteiger partial charge in [0.05, 0.1) is 0 Å². The van der Waals surface area contributed by atoms with E-state index in [1.165, 1.54) is 0 Å². The average Bonchev–Trinajstić information content (AvgIpc) is 2.58. The molecular weight excluding hydrogens is 298 g/mol. The van der Waals surface area contributed by atoms with Crippen LogP contribution in [0.25, 0.3) is 0 Å². The van der Waals surface area contributed by atoms with Crippen molar-refractivity contribution in [1.82, 2.24) is 0 Å². The highest BCUT2D eigenvalue weighted by molar-refractivity contribution is 6.67. The molecule has 2 bridgehead atoms. The van der Waals surface area contributed by atoms with Crippen LogP contribution in [0.15, 0.2) is 65.7 Å². The molecule has 2 aromatic carbocycles. The van der Waals surface area contributed by atoms with Crippen LogP contribution >= 0.6 is 11.6 Å². The molecule has 2 unspecified atom stereocenters. The van der Waals surface area contributed by atoms with Gasteiger partial charge >= 0.3 is 5.97 Å². The number of rotatable bonds is 2. The standard InChI is InChI=1S/C18H14ClNO2/c19-15-18(14-9-5-2-6-10-14)12-11-17(20-15,16(21)22-18)13-7-3-1-4-8-13/h1-10H,11-12H2. The van der Waals surface area contributed by atoms with E-state index >= 15 is 0 Å². The lowest BCUT2D eigenvalue weighted by atomic mass is 9.74. The van der Waals surface area contributed by atoms with E-state index in [4.69, 9.17) is 16.3 Å². The van der Waals surface area contributed by atoms with Crippen LogP contribution in [0.3, 0.4) is 0 Å². The number of ether oxygens (including phenoxy) is 1. The fraction of sp³-hybridized carbons (Fsp3) is 0.222. The van der Waals surface area contributed by atoms with Crippen LogP contribution < -0.4 is 0 Å². The summed E-state index contributed by atoms with van der Waals surface area (Å²) >= 11 is 6.48. The maximum Gasteiger partial charge on any atom is 0.340 e. The minimum atomic E-state index is -0.991. The Morgan fingerprint density at radius 2 is 1.50 bits per heavy atom. The van der Waals surface area contributed by atoms with E-state index in [9.17, 15) is 4.79 Å². The summed E-state index contributed by atoms with van der Waals surface area (Å²) in [5.74, 6) is -0.321. The summed E-state index contributed by atoms with van der Waals surface area (Å²) in [6.07, 6.45) is 1.24. The summed E-state index contributed by atoms with van der Waals surface area (Å²) in [6, 6.07) is 19.1. The van der Waals surface area contributed by atoms with E-state index in [0.29, 0.717) is 18.0 Å². The quantitative estimate of drug-likeness (QED) is 0.792. The van der Waals surface area contributed by atoms with Crippen LogP contribution in [0.5, 0.6) is 0 Å². The Morgan fingerprint density at radius 1 is 0.909 bits per heavy atom. The third-order valence-corrected chi connectivity index (χ3v) is 4.95. The second kappa shape index (κ2) is 4.68. The predicted molar refractivity (Wildman–Crippen MR) is 84.9 cm³/mol. The fourth-order valence-corrected chi connectivity index (χ4v) is 3.71. The van der Waals surface area contributed by atoms with Crippen LogP contribution in [0, 0.1) is 0 Å². The van der Waals surface area contributed by atoms with Crippen LogP contribution in [0.2, 0.25) is 0 Å².